The van der Waals surface area contributed by atoms with Crippen LogP contribution >= 0.6 is 0 Å². The number of carbonyl (C=O) groups is 1. The second-order valence-corrected chi connectivity index (χ2v) is 10.9. The van der Waals surface area contributed by atoms with Gasteiger partial charge in [0.25, 0.3) is 0 Å². The lowest BCUT2D eigenvalue weighted by molar-refractivity contribution is -0.124. The molecule has 0 radical (unpaired) electrons. The van der Waals surface area contributed by atoms with Crippen LogP contribution in [0.4, 0.5) is 10.1 Å². The van der Waals surface area contributed by atoms with Gasteiger partial charge < -0.3 is 24.2 Å². The monoisotopic (exact) mass is 539 g/mol. The van der Waals surface area contributed by atoms with Gasteiger partial charge in [-0.3, -0.25) is 4.79 Å². The highest BCUT2D eigenvalue weighted by Gasteiger charge is 2.55. The largest absolute Gasteiger partial charge is 0.488 e. The summed E-state index contributed by atoms with van der Waals surface area (Å²) in [6, 6.07) is 27.1. The molecule has 4 aromatic rings. The van der Waals surface area contributed by atoms with Crippen LogP contribution in [0.1, 0.15) is 42.5 Å². The summed E-state index contributed by atoms with van der Waals surface area (Å²) in [4.78, 5) is 16.5. The zero-order chi connectivity index (χ0) is 27.9. The standard InChI is InChI=1S/C33H30FNO5/c1-32(2,37)20-33(25-10-6-7-11-27(25)35(31(33)36)18-22-12-14-24(34)15-13-22)26-16-29-30(40-21-39-29)17-28(26)38-19-23-8-4-3-5-9-23/h3-17,37H,18-21H2,1-2H3. The van der Waals surface area contributed by atoms with Crippen LogP contribution in [-0.2, 0) is 23.4 Å². The fourth-order valence-corrected chi connectivity index (χ4v) is 5.74. The Labute approximate surface area is 232 Å². The van der Waals surface area contributed by atoms with Crippen molar-refractivity contribution >= 4 is 11.6 Å². The van der Waals surface area contributed by atoms with E-state index in [2.05, 4.69) is 0 Å². The van der Waals surface area contributed by atoms with Gasteiger partial charge in [-0.1, -0.05) is 60.7 Å². The number of hydrogen-bond donors (Lipinski definition) is 1. The molecular weight excluding hydrogens is 509 g/mol. The molecule has 1 N–H and O–H groups in total. The molecule has 4 aromatic carbocycles. The Morgan fingerprint density at radius 2 is 1.57 bits per heavy atom. The summed E-state index contributed by atoms with van der Waals surface area (Å²) >= 11 is 0. The topological polar surface area (TPSA) is 68.2 Å². The molecule has 6 rings (SSSR count). The lowest BCUT2D eigenvalue weighted by Crippen LogP contribution is -2.45. The first kappa shape index (κ1) is 25.9. The van der Waals surface area contributed by atoms with Gasteiger partial charge in [0, 0.05) is 17.3 Å². The zero-order valence-electron chi connectivity index (χ0n) is 22.4. The predicted octanol–water partition coefficient (Wildman–Crippen LogP) is 6.13. The summed E-state index contributed by atoms with van der Waals surface area (Å²) in [5, 5.41) is 11.2. The summed E-state index contributed by atoms with van der Waals surface area (Å²) in [5.74, 6) is 0.980. The van der Waals surface area contributed by atoms with Crippen LogP contribution in [0, 0.1) is 5.82 Å². The van der Waals surface area contributed by atoms with Crippen LogP contribution in [0.5, 0.6) is 17.2 Å². The average Bonchev–Trinajstić information content (AvgIpc) is 3.49. The second kappa shape index (κ2) is 9.99. The molecule has 1 amide bonds. The molecule has 7 heteroatoms. The van der Waals surface area contributed by atoms with E-state index in [0.717, 1.165) is 22.4 Å². The number of fused-ring (bicyclic) bond motifs is 2. The van der Waals surface area contributed by atoms with Crippen LogP contribution in [0.2, 0.25) is 0 Å². The van der Waals surface area contributed by atoms with Crippen LogP contribution < -0.4 is 19.1 Å². The Morgan fingerprint density at radius 1 is 0.900 bits per heavy atom. The van der Waals surface area contributed by atoms with Crippen molar-refractivity contribution in [1.29, 1.82) is 0 Å². The first-order chi connectivity index (χ1) is 19.2. The summed E-state index contributed by atoms with van der Waals surface area (Å²) < 4.78 is 31.5. The van der Waals surface area contributed by atoms with E-state index >= 15 is 0 Å². The smallest absolute Gasteiger partial charge is 0.242 e. The zero-order valence-corrected chi connectivity index (χ0v) is 22.4. The Kier molecular flexibility index (Phi) is 6.47. The minimum Gasteiger partial charge on any atom is -0.488 e. The van der Waals surface area contributed by atoms with E-state index in [1.54, 1.807) is 36.9 Å². The third-order valence-corrected chi connectivity index (χ3v) is 7.39. The minimum absolute atomic E-state index is 0.0661. The number of amides is 1. The third kappa shape index (κ3) is 4.67. The molecule has 1 atom stereocenters. The van der Waals surface area contributed by atoms with Crippen LogP contribution in [0.15, 0.2) is 91.0 Å². The number of anilines is 1. The number of hydrogen-bond acceptors (Lipinski definition) is 5. The van der Waals surface area contributed by atoms with E-state index in [1.165, 1.54) is 12.1 Å². The van der Waals surface area contributed by atoms with Crippen molar-refractivity contribution in [3.63, 3.8) is 0 Å². The van der Waals surface area contributed by atoms with Crippen molar-refractivity contribution in [2.75, 3.05) is 11.7 Å². The molecule has 0 saturated heterocycles. The molecule has 40 heavy (non-hydrogen) atoms. The Hall–Kier alpha value is -4.36. The van der Waals surface area contributed by atoms with Gasteiger partial charge in [-0.05, 0) is 61.2 Å². The lowest BCUT2D eigenvalue weighted by atomic mass is 9.68. The van der Waals surface area contributed by atoms with Gasteiger partial charge >= 0.3 is 0 Å². The maximum Gasteiger partial charge on any atom is 0.242 e. The number of nitrogens with zero attached hydrogens (tertiary/aromatic N) is 1. The van der Waals surface area contributed by atoms with Gasteiger partial charge in [-0.25, -0.2) is 4.39 Å². The van der Waals surface area contributed by atoms with E-state index in [4.69, 9.17) is 14.2 Å². The van der Waals surface area contributed by atoms with Crippen molar-refractivity contribution in [1.82, 2.24) is 0 Å². The maximum atomic E-state index is 14.8. The molecule has 2 aliphatic heterocycles. The number of ether oxygens (including phenoxy) is 3. The predicted molar refractivity (Wildman–Crippen MR) is 149 cm³/mol. The number of carbonyl (C=O) groups excluding carboxylic acids is 1. The highest BCUT2D eigenvalue weighted by molar-refractivity contribution is 6.11. The van der Waals surface area contributed by atoms with E-state index in [1.807, 2.05) is 60.7 Å². The normalized spacial score (nSPS) is 17.7. The number of para-hydroxylation sites is 1. The highest BCUT2D eigenvalue weighted by Crippen LogP contribution is 2.55. The fraction of sp³-hybridized carbons (Fsp3) is 0.242. The van der Waals surface area contributed by atoms with Gasteiger partial charge in [-0.15, -0.1) is 0 Å². The maximum absolute atomic E-state index is 14.8. The molecule has 204 valence electrons. The van der Waals surface area contributed by atoms with E-state index in [0.29, 0.717) is 22.8 Å². The first-order valence-electron chi connectivity index (χ1n) is 13.2. The van der Waals surface area contributed by atoms with E-state index in [-0.39, 0.29) is 38.1 Å². The van der Waals surface area contributed by atoms with E-state index in [9.17, 15) is 14.3 Å². The molecule has 0 spiro atoms. The summed E-state index contributed by atoms with van der Waals surface area (Å²) in [6.07, 6.45) is 0.0944. The molecule has 0 bridgehead atoms. The summed E-state index contributed by atoms with van der Waals surface area (Å²) in [7, 11) is 0. The third-order valence-electron chi connectivity index (χ3n) is 7.39. The SMILES string of the molecule is CC(C)(O)CC1(c2cc3c(cc2OCc2ccccc2)OCO3)C(=O)N(Cc2ccc(F)cc2)c2ccccc21. The second-order valence-electron chi connectivity index (χ2n) is 10.9. The number of halogens is 1. The first-order valence-corrected chi connectivity index (χ1v) is 13.2. The molecule has 2 aliphatic rings. The number of benzene rings is 4. The highest BCUT2D eigenvalue weighted by atomic mass is 19.1. The molecule has 2 heterocycles. The van der Waals surface area contributed by atoms with Gasteiger partial charge in [0.15, 0.2) is 11.5 Å². The van der Waals surface area contributed by atoms with E-state index < -0.39 is 11.0 Å². The Bertz CT molecular complexity index is 1550. The quantitative estimate of drug-likeness (QED) is 0.292. The molecule has 1 unspecified atom stereocenters. The minimum atomic E-state index is -1.29. The molecule has 0 aromatic heterocycles. The number of rotatable bonds is 8. The molecule has 0 saturated carbocycles. The molecular formula is C33H30FNO5. The van der Waals surface area contributed by atoms with Gasteiger partial charge in [0.05, 0.1) is 12.1 Å². The van der Waals surface area contributed by atoms with Crippen molar-refractivity contribution in [2.24, 2.45) is 0 Å². The molecule has 6 nitrogen and oxygen atoms in total. The van der Waals surface area contributed by atoms with Crippen molar-refractivity contribution in [3.8, 4) is 17.2 Å². The Balaban J connectivity index is 1.52. The van der Waals surface area contributed by atoms with Crippen LogP contribution in [-0.4, -0.2) is 23.4 Å². The summed E-state index contributed by atoms with van der Waals surface area (Å²) in [5.41, 5.74) is 1.33. The lowest BCUT2D eigenvalue weighted by Gasteiger charge is -2.35. The fourth-order valence-electron chi connectivity index (χ4n) is 5.74. The Morgan fingerprint density at radius 3 is 2.30 bits per heavy atom. The van der Waals surface area contributed by atoms with Gasteiger partial charge in [0.2, 0.25) is 12.7 Å². The summed E-state index contributed by atoms with van der Waals surface area (Å²) in [6.45, 7) is 3.99. The average molecular weight is 540 g/mol. The van der Waals surface area contributed by atoms with Crippen molar-refractivity contribution < 1.29 is 28.5 Å². The molecule has 0 fully saturated rings. The van der Waals surface area contributed by atoms with Gasteiger partial charge in [-0.2, -0.15) is 0 Å². The van der Waals surface area contributed by atoms with Crippen molar-refractivity contribution in [2.45, 2.75) is 44.4 Å². The molecule has 0 aliphatic carbocycles. The number of aliphatic hydroxyl groups is 1. The van der Waals surface area contributed by atoms with Gasteiger partial charge in [0.1, 0.15) is 23.6 Å². The van der Waals surface area contributed by atoms with Crippen molar-refractivity contribution in [3.05, 3.63) is 119 Å². The van der Waals surface area contributed by atoms with Crippen LogP contribution in [0.3, 0.4) is 0 Å². The van der Waals surface area contributed by atoms with Crippen LogP contribution in [0.25, 0.3) is 0 Å².